The molecule has 0 saturated carbocycles. The van der Waals surface area contributed by atoms with E-state index in [0.29, 0.717) is 11.4 Å². The number of anilines is 1. The number of amides is 1. The Morgan fingerprint density at radius 1 is 1.18 bits per heavy atom. The Hall–Kier alpha value is -2.29. The second-order valence-corrected chi connectivity index (χ2v) is 10.2. The first-order valence-electron chi connectivity index (χ1n) is 9.47. The summed E-state index contributed by atoms with van der Waals surface area (Å²) in [5, 5.41) is 8.92. The van der Waals surface area contributed by atoms with Gasteiger partial charge in [-0.05, 0) is 51.8 Å². The molecule has 0 spiro atoms. The molecule has 1 unspecified atom stereocenters. The van der Waals surface area contributed by atoms with Gasteiger partial charge < -0.3 is 9.88 Å². The summed E-state index contributed by atoms with van der Waals surface area (Å²) in [5.41, 5.74) is 0.552. The van der Waals surface area contributed by atoms with Gasteiger partial charge in [-0.15, -0.1) is 10.2 Å². The largest absolute Gasteiger partial charge is 0.322 e. The summed E-state index contributed by atoms with van der Waals surface area (Å²) in [6.45, 7) is 5.12. The lowest BCUT2D eigenvalue weighted by Crippen LogP contribution is -2.36. The van der Waals surface area contributed by atoms with E-state index < -0.39 is 32.1 Å². The molecule has 3 rings (SSSR count). The molecule has 9 heteroatoms. The first kappa shape index (κ1) is 20.4. The predicted molar refractivity (Wildman–Crippen MR) is 105 cm³/mol. The van der Waals surface area contributed by atoms with Crippen LogP contribution < -0.4 is 5.32 Å². The summed E-state index contributed by atoms with van der Waals surface area (Å²) in [6.07, 6.45) is 4.05. The normalized spacial score (nSPS) is 15.8. The second-order valence-electron chi connectivity index (χ2n) is 7.37. The van der Waals surface area contributed by atoms with Gasteiger partial charge in [0.1, 0.15) is 16.9 Å². The van der Waals surface area contributed by atoms with Crippen LogP contribution in [0.1, 0.15) is 45.9 Å². The average Bonchev–Trinajstić information content (AvgIpc) is 2.90. The number of carbonyl (C=O) groups is 1. The molecule has 1 atom stereocenters. The number of fused-ring (bicyclic) bond motifs is 1. The standard InChI is InChI=1S/C19H25FN4O3S/c1-12(2)28(26,27)13(3)19(25)21-16-11-14(8-9-15(16)20)18-23-22-17-7-5-4-6-10-24(17)18/h8-9,11-13H,4-7,10H2,1-3H3,(H,21,25). The summed E-state index contributed by atoms with van der Waals surface area (Å²) >= 11 is 0. The molecule has 7 nitrogen and oxygen atoms in total. The van der Waals surface area contributed by atoms with E-state index in [1.165, 1.54) is 32.9 Å². The van der Waals surface area contributed by atoms with E-state index in [1.807, 2.05) is 4.57 Å². The van der Waals surface area contributed by atoms with Gasteiger partial charge >= 0.3 is 0 Å². The van der Waals surface area contributed by atoms with Crippen molar-refractivity contribution >= 4 is 21.4 Å². The van der Waals surface area contributed by atoms with Gasteiger partial charge in [-0.1, -0.05) is 6.42 Å². The molecule has 1 aromatic carbocycles. The van der Waals surface area contributed by atoms with E-state index in [9.17, 15) is 17.6 Å². The van der Waals surface area contributed by atoms with Gasteiger partial charge in [0.2, 0.25) is 5.91 Å². The molecule has 28 heavy (non-hydrogen) atoms. The number of aromatic nitrogens is 3. The Balaban J connectivity index is 1.89. The zero-order chi connectivity index (χ0) is 20.5. The third-order valence-corrected chi connectivity index (χ3v) is 7.62. The van der Waals surface area contributed by atoms with Crippen LogP contribution in [0.15, 0.2) is 18.2 Å². The number of sulfone groups is 1. The number of nitrogens with zero attached hydrogens (tertiary/aromatic N) is 3. The van der Waals surface area contributed by atoms with Crippen LogP contribution >= 0.6 is 0 Å². The summed E-state index contributed by atoms with van der Waals surface area (Å²) in [4.78, 5) is 12.4. The van der Waals surface area contributed by atoms with E-state index in [0.717, 1.165) is 38.1 Å². The Kier molecular flexibility index (Phi) is 5.83. The van der Waals surface area contributed by atoms with E-state index >= 15 is 0 Å². The highest BCUT2D eigenvalue weighted by Crippen LogP contribution is 2.27. The lowest BCUT2D eigenvalue weighted by Gasteiger charge is -2.16. The Bertz CT molecular complexity index is 985. The number of hydrogen-bond donors (Lipinski definition) is 1. The summed E-state index contributed by atoms with van der Waals surface area (Å²) in [6, 6.07) is 4.30. The maximum atomic E-state index is 14.3. The molecule has 1 N–H and O–H groups in total. The number of halogens is 1. The van der Waals surface area contributed by atoms with Crippen molar-refractivity contribution in [2.45, 2.75) is 63.5 Å². The Morgan fingerprint density at radius 2 is 1.93 bits per heavy atom. The number of benzene rings is 1. The predicted octanol–water partition coefficient (Wildman–Crippen LogP) is 2.96. The van der Waals surface area contributed by atoms with E-state index in [4.69, 9.17) is 0 Å². The molecule has 1 amide bonds. The molecule has 0 aliphatic carbocycles. The maximum Gasteiger partial charge on any atom is 0.242 e. The first-order valence-corrected chi connectivity index (χ1v) is 11.1. The molecular formula is C19H25FN4O3S. The van der Waals surface area contributed by atoms with Crippen LogP contribution in [0.3, 0.4) is 0 Å². The first-order chi connectivity index (χ1) is 13.2. The fraction of sp³-hybridized carbons (Fsp3) is 0.526. The van der Waals surface area contributed by atoms with Crippen molar-refractivity contribution in [2.24, 2.45) is 0 Å². The highest BCUT2D eigenvalue weighted by Gasteiger charge is 2.31. The third kappa shape index (κ3) is 3.94. The Labute approximate surface area is 164 Å². The quantitative estimate of drug-likeness (QED) is 0.821. The topological polar surface area (TPSA) is 93.9 Å². The summed E-state index contributed by atoms with van der Waals surface area (Å²) in [5.74, 6) is 0.126. The van der Waals surface area contributed by atoms with E-state index in [2.05, 4.69) is 15.5 Å². The summed E-state index contributed by atoms with van der Waals surface area (Å²) < 4.78 is 40.7. The molecule has 2 heterocycles. The SMILES string of the molecule is CC(C)S(=O)(=O)C(C)C(=O)Nc1cc(-c2nnc3n2CCCCC3)ccc1F. The van der Waals surface area contributed by atoms with Crippen LogP contribution in [0, 0.1) is 5.82 Å². The van der Waals surface area contributed by atoms with Crippen molar-refractivity contribution in [3.8, 4) is 11.4 Å². The molecule has 0 fully saturated rings. The molecule has 0 bridgehead atoms. The molecule has 2 aromatic rings. The van der Waals surface area contributed by atoms with E-state index in [-0.39, 0.29) is 5.69 Å². The molecule has 1 aliphatic rings. The van der Waals surface area contributed by atoms with Crippen LogP contribution in [0.4, 0.5) is 10.1 Å². The number of carbonyl (C=O) groups excluding carboxylic acids is 1. The fourth-order valence-electron chi connectivity index (χ4n) is 3.25. The van der Waals surface area contributed by atoms with Gasteiger partial charge in [0, 0.05) is 18.5 Å². The van der Waals surface area contributed by atoms with Crippen molar-refractivity contribution < 1.29 is 17.6 Å². The minimum atomic E-state index is -3.64. The lowest BCUT2D eigenvalue weighted by atomic mass is 10.1. The molecule has 1 aliphatic heterocycles. The van der Waals surface area contributed by atoms with Gasteiger partial charge in [0.05, 0.1) is 10.9 Å². The highest BCUT2D eigenvalue weighted by molar-refractivity contribution is 7.93. The van der Waals surface area contributed by atoms with Gasteiger partial charge in [-0.2, -0.15) is 0 Å². The number of rotatable bonds is 5. The summed E-state index contributed by atoms with van der Waals surface area (Å²) in [7, 11) is -3.64. The molecule has 1 aromatic heterocycles. The fourth-order valence-corrected chi connectivity index (χ4v) is 4.42. The molecule has 152 valence electrons. The molecular weight excluding hydrogens is 383 g/mol. The number of nitrogens with one attached hydrogen (secondary N) is 1. The maximum absolute atomic E-state index is 14.3. The minimum absolute atomic E-state index is 0.0701. The van der Waals surface area contributed by atoms with Gasteiger partial charge in [-0.3, -0.25) is 4.79 Å². The minimum Gasteiger partial charge on any atom is -0.322 e. The van der Waals surface area contributed by atoms with Crippen molar-refractivity contribution in [2.75, 3.05) is 5.32 Å². The number of hydrogen-bond acceptors (Lipinski definition) is 5. The smallest absolute Gasteiger partial charge is 0.242 e. The van der Waals surface area contributed by atoms with Crippen LogP contribution in [0.25, 0.3) is 11.4 Å². The number of aryl methyl sites for hydroxylation is 1. The average molecular weight is 408 g/mol. The van der Waals surface area contributed by atoms with Gasteiger partial charge in [-0.25, -0.2) is 12.8 Å². The monoisotopic (exact) mass is 408 g/mol. The van der Waals surface area contributed by atoms with Crippen LogP contribution in [0.2, 0.25) is 0 Å². The van der Waals surface area contributed by atoms with Crippen molar-refractivity contribution in [3.05, 3.63) is 29.8 Å². The lowest BCUT2D eigenvalue weighted by molar-refractivity contribution is -0.115. The van der Waals surface area contributed by atoms with Crippen molar-refractivity contribution in [3.63, 3.8) is 0 Å². The zero-order valence-corrected chi connectivity index (χ0v) is 17.1. The van der Waals surface area contributed by atoms with E-state index in [1.54, 1.807) is 6.07 Å². The highest BCUT2D eigenvalue weighted by atomic mass is 32.2. The van der Waals surface area contributed by atoms with Gasteiger partial charge in [0.25, 0.3) is 0 Å². The Morgan fingerprint density at radius 3 is 2.64 bits per heavy atom. The van der Waals surface area contributed by atoms with Gasteiger partial charge in [0.15, 0.2) is 15.7 Å². The third-order valence-electron chi connectivity index (χ3n) is 5.11. The van der Waals surface area contributed by atoms with Crippen molar-refractivity contribution in [1.29, 1.82) is 0 Å². The van der Waals surface area contributed by atoms with Crippen LogP contribution in [-0.2, 0) is 27.6 Å². The second kappa shape index (κ2) is 7.98. The molecule has 0 radical (unpaired) electrons. The van der Waals surface area contributed by atoms with Crippen LogP contribution in [0.5, 0.6) is 0 Å². The molecule has 0 saturated heterocycles. The van der Waals surface area contributed by atoms with Crippen molar-refractivity contribution in [1.82, 2.24) is 14.8 Å². The zero-order valence-electron chi connectivity index (χ0n) is 16.3. The van der Waals surface area contributed by atoms with Crippen LogP contribution in [-0.4, -0.2) is 39.6 Å².